The summed E-state index contributed by atoms with van der Waals surface area (Å²) in [5, 5.41) is 3.20. The molecule has 4 rings (SSSR count). The standard InChI is InChI=1S/C25H25ClN2O5S/c1-17-7-10-20(15-18(17)2)32-14-13-27-25(29)24-16-28(22-5-3-4-6-23(22)33-24)34(30,31)21-11-8-19(26)9-12-21/h3-12,15,24H,13-14,16H2,1-2H3,(H,27,29)/t24-/m0/s1. The second kappa shape index (κ2) is 9.95. The van der Waals surface area contributed by atoms with Gasteiger partial charge in [0.15, 0.2) is 6.10 Å². The molecule has 0 fully saturated rings. The molecule has 1 N–H and O–H groups in total. The van der Waals surface area contributed by atoms with Crippen LogP contribution in [0.1, 0.15) is 11.1 Å². The Balaban J connectivity index is 1.45. The molecule has 0 spiro atoms. The van der Waals surface area contributed by atoms with E-state index in [4.69, 9.17) is 21.1 Å². The van der Waals surface area contributed by atoms with E-state index in [2.05, 4.69) is 5.32 Å². The molecule has 0 radical (unpaired) electrons. The van der Waals surface area contributed by atoms with E-state index in [-0.39, 0.29) is 24.6 Å². The molecule has 1 amide bonds. The van der Waals surface area contributed by atoms with E-state index in [0.29, 0.717) is 16.5 Å². The van der Waals surface area contributed by atoms with Gasteiger partial charge in [0.25, 0.3) is 15.9 Å². The molecule has 3 aromatic carbocycles. The maximum Gasteiger partial charge on any atom is 0.264 e. The molecule has 0 unspecified atom stereocenters. The Hall–Kier alpha value is -3.23. The molecule has 0 saturated carbocycles. The second-order valence-corrected chi connectivity index (χ2v) is 10.2. The quantitative estimate of drug-likeness (QED) is 0.493. The van der Waals surface area contributed by atoms with Gasteiger partial charge in [-0.15, -0.1) is 0 Å². The summed E-state index contributed by atoms with van der Waals surface area (Å²) in [6, 6.07) is 18.4. The second-order valence-electron chi connectivity index (χ2n) is 7.95. The predicted molar refractivity (Wildman–Crippen MR) is 131 cm³/mol. The summed E-state index contributed by atoms with van der Waals surface area (Å²) in [6.45, 7) is 4.39. The van der Waals surface area contributed by atoms with E-state index >= 15 is 0 Å². The molecule has 178 valence electrons. The number of anilines is 1. The smallest absolute Gasteiger partial charge is 0.264 e. The fourth-order valence-corrected chi connectivity index (χ4v) is 5.16. The summed E-state index contributed by atoms with van der Waals surface area (Å²) in [5.74, 6) is 0.618. The van der Waals surface area contributed by atoms with Crippen LogP contribution in [0.25, 0.3) is 0 Å². The summed E-state index contributed by atoms with van der Waals surface area (Å²) in [6.07, 6.45) is -1.02. The SMILES string of the molecule is Cc1ccc(OCCNC(=O)[C@@H]2CN(S(=O)(=O)c3ccc(Cl)cc3)c3ccccc3O2)cc1C. The molecule has 0 aromatic heterocycles. The number of halogens is 1. The highest BCUT2D eigenvalue weighted by atomic mass is 35.5. The highest BCUT2D eigenvalue weighted by molar-refractivity contribution is 7.92. The highest BCUT2D eigenvalue weighted by Gasteiger charge is 2.37. The van der Waals surface area contributed by atoms with E-state index in [9.17, 15) is 13.2 Å². The van der Waals surface area contributed by atoms with Gasteiger partial charge in [-0.05, 0) is 73.5 Å². The van der Waals surface area contributed by atoms with Crippen molar-refractivity contribution in [2.24, 2.45) is 0 Å². The van der Waals surface area contributed by atoms with Crippen molar-refractivity contribution in [2.45, 2.75) is 24.8 Å². The fraction of sp³-hybridized carbons (Fsp3) is 0.240. The van der Waals surface area contributed by atoms with Crippen LogP contribution in [0.2, 0.25) is 5.02 Å². The van der Waals surface area contributed by atoms with Crippen molar-refractivity contribution in [3.63, 3.8) is 0 Å². The lowest BCUT2D eigenvalue weighted by atomic mass is 10.1. The molecule has 7 nitrogen and oxygen atoms in total. The van der Waals surface area contributed by atoms with Gasteiger partial charge in [-0.2, -0.15) is 0 Å². The number of hydrogen-bond acceptors (Lipinski definition) is 5. The highest BCUT2D eigenvalue weighted by Crippen LogP contribution is 2.36. The van der Waals surface area contributed by atoms with Gasteiger partial charge in [0.05, 0.1) is 23.7 Å². The number of hydrogen-bond donors (Lipinski definition) is 1. The lowest BCUT2D eigenvalue weighted by Crippen LogP contribution is -2.51. The molecule has 1 atom stereocenters. The maximum atomic E-state index is 13.4. The minimum atomic E-state index is -3.94. The number of benzene rings is 3. The fourth-order valence-electron chi connectivity index (χ4n) is 3.56. The zero-order valence-corrected chi connectivity index (χ0v) is 20.4. The van der Waals surface area contributed by atoms with Gasteiger partial charge in [-0.25, -0.2) is 8.42 Å². The first-order chi connectivity index (χ1) is 16.3. The summed E-state index contributed by atoms with van der Waals surface area (Å²) in [7, 11) is -3.94. The Morgan fingerprint density at radius 3 is 2.56 bits per heavy atom. The first-order valence-electron chi connectivity index (χ1n) is 10.8. The summed E-state index contributed by atoms with van der Waals surface area (Å²) < 4.78 is 39.5. The van der Waals surface area contributed by atoms with Gasteiger partial charge in [-0.1, -0.05) is 29.8 Å². The Labute approximate surface area is 204 Å². The Bertz CT molecular complexity index is 1290. The first kappa shape index (κ1) is 23.9. The molecule has 34 heavy (non-hydrogen) atoms. The summed E-state index contributed by atoms with van der Waals surface area (Å²) in [4.78, 5) is 12.9. The lowest BCUT2D eigenvalue weighted by molar-refractivity contribution is -0.127. The van der Waals surface area contributed by atoms with Crippen molar-refractivity contribution in [1.29, 1.82) is 0 Å². The minimum Gasteiger partial charge on any atom is -0.492 e. The average molecular weight is 501 g/mol. The summed E-state index contributed by atoms with van der Waals surface area (Å²) >= 11 is 5.92. The van der Waals surface area contributed by atoms with Crippen molar-refractivity contribution in [1.82, 2.24) is 5.32 Å². The molecule has 0 aliphatic carbocycles. The molecule has 0 saturated heterocycles. The van der Waals surface area contributed by atoms with Crippen LogP contribution in [0.3, 0.4) is 0 Å². The van der Waals surface area contributed by atoms with E-state index in [1.165, 1.54) is 34.1 Å². The third-order valence-corrected chi connectivity index (χ3v) is 7.62. The molecule has 1 aliphatic rings. The number of para-hydroxylation sites is 2. The normalized spacial score (nSPS) is 15.3. The number of carbonyl (C=O) groups is 1. The largest absolute Gasteiger partial charge is 0.492 e. The number of aryl methyl sites for hydroxylation is 2. The van der Waals surface area contributed by atoms with Crippen LogP contribution >= 0.6 is 11.6 Å². The van der Waals surface area contributed by atoms with Gasteiger partial charge < -0.3 is 14.8 Å². The average Bonchev–Trinajstić information content (AvgIpc) is 2.83. The lowest BCUT2D eigenvalue weighted by Gasteiger charge is -2.34. The Morgan fingerprint density at radius 1 is 1.09 bits per heavy atom. The third-order valence-electron chi connectivity index (χ3n) is 5.58. The molecule has 1 heterocycles. The maximum absolute atomic E-state index is 13.4. The van der Waals surface area contributed by atoms with Gasteiger partial charge in [0.2, 0.25) is 0 Å². The van der Waals surface area contributed by atoms with Crippen LogP contribution in [0.15, 0.2) is 71.6 Å². The molecule has 9 heteroatoms. The molecular formula is C25H25ClN2O5S. The van der Waals surface area contributed by atoms with Gasteiger partial charge in [0, 0.05) is 5.02 Å². The Kier molecular flexibility index (Phi) is 7.00. The number of amides is 1. The van der Waals surface area contributed by atoms with E-state index in [1.54, 1.807) is 24.3 Å². The number of sulfonamides is 1. The van der Waals surface area contributed by atoms with Gasteiger partial charge in [0.1, 0.15) is 18.1 Å². The molecule has 1 aliphatic heterocycles. The zero-order chi connectivity index (χ0) is 24.3. The number of nitrogens with zero attached hydrogens (tertiary/aromatic N) is 1. The molecular weight excluding hydrogens is 476 g/mol. The molecule has 3 aromatic rings. The first-order valence-corrected chi connectivity index (χ1v) is 12.6. The van der Waals surface area contributed by atoms with Crippen LogP contribution in [-0.2, 0) is 14.8 Å². The van der Waals surface area contributed by atoms with Crippen molar-refractivity contribution in [2.75, 3.05) is 24.0 Å². The number of rotatable bonds is 7. The Morgan fingerprint density at radius 2 is 1.82 bits per heavy atom. The van der Waals surface area contributed by atoms with Crippen LogP contribution in [-0.4, -0.2) is 40.1 Å². The van der Waals surface area contributed by atoms with Crippen molar-refractivity contribution >= 4 is 33.2 Å². The van der Waals surface area contributed by atoms with E-state index in [0.717, 1.165) is 11.3 Å². The van der Waals surface area contributed by atoms with Crippen LogP contribution in [0.5, 0.6) is 11.5 Å². The van der Waals surface area contributed by atoms with Crippen LogP contribution < -0.4 is 19.1 Å². The van der Waals surface area contributed by atoms with Crippen LogP contribution in [0.4, 0.5) is 5.69 Å². The monoisotopic (exact) mass is 500 g/mol. The van der Waals surface area contributed by atoms with Crippen molar-refractivity contribution < 1.29 is 22.7 Å². The number of carbonyl (C=O) groups excluding carboxylic acids is 1. The van der Waals surface area contributed by atoms with Crippen molar-refractivity contribution in [3.8, 4) is 11.5 Å². The predicted octanol–water partition coefficient (Wildman–Crippen LogP) is 4.11. The zero-order valence-electron chi connectivity index (χ0n) is 18.8. The topological polar surface area (TPSA) is 84.9 Å². The van der Waals surface area contributed by atoms with E-state index in [1.807, 2.05) is 32.0 Å². The summed E-state index contributed by atoms with van der Waals surface area (Å²) in [5.41, 5.74) is 2.67. The molecule has 0 bridgehead atoms. The number of nitrogens with one attached hydrogen (secondary N) is 1. The van der Waals surface area contributed by atoms with E-state index < -0.39 is 22.0 Å². The number of ether oxygens (including phenoxy) is 2. The number of fused-ring (bicyclic) bond motifs is 1. The van der Waals surface area contributed by atoms with Crippen LogP contribution in [0, 0.1) is 13.8 Å². The minimum absolute atomic E-state index is 0.0783. The van der Waals surface area contributed by atoms with Gasteiger partial charge in [-0.3, -0.25) is 9.10 Å². The van der Waals surface area contributed by atoms with Crippen molar-refractivity contribution in [3.05, 3.63) is 82.9 Å². The third kappa shape index (κ3) is 5.13. The van der Waals surface area contributed by atoms with Gasteiger partial charge >= 0.3 is 0 Å².